The first kappa shape index (κ1) is 34.7. The summed E-state index contributed by atoms with van der Waals surface area (Å²) in [6.45, 7) is 3.69. The van der Waals surface area contributed by atoms with Crippen LogP contribution in [-0.2, 0) is 39.9 Å². The van der Waals surface area contributed by atoms with Gasteiger partial charge in [0.1, 0.15) is 11.6 Å². The number of benzene rings is 1. The van der Waals surface area contributed by atoms with Gasteiger partial charge in [0.25, 0.3) is 0 Å². The molecule has 0 radical (unpaired) electrons. The van der Waals surface area contributed by atoms with Crippen LogP contribution in [0.3, 0.4) is 0 Å². The van der Waals surface area contributed by atoms with Crippen LogP contribution in [0.5, 0.6) is 0 Å². The average molecular weight is 589 g/mol. The topological polar surface area (TPSA) is 132 Å². The van der Waals surface area contributed by atoms with Crippen molar-refractivity contribution in [1.82, 2.24) is 0 Å². The Balaban J connectivity index is 0. The molecule has 11 heteroatoms. The number of ketones is 2. The predicted molar refractivity (Wildman–Crippen MR) is 108 cm³/mol. The maximum absolute atomic E-state index is 11.9. The first-order valence-corrected chi connectivity index (χ1v) is 9.52. The van der Waals surface area contributed by atoms with Gasteiger partial charge in [0.15, 0.2) is 0 Å². The molecule has 0 saturated heterocycles. The molecule has 1 aromatic rings. The summed E-state index contributed by atoms with van der Waals surface area (Å²) in [6, 6.07) is 6.43. The Hall–Kier alpha value is 0.540. The Kier molecular flexibility index (Phi) is 22.6. The van der Waals surface area contributed by atoms with Crippen molar-refractivity contribution < 1.29 is 150 Å². The molecule has 0 bridgehead atoms. The van der Waals surface area contributed by atoms with Gasteiger partial charge in [0.05, 0.1) is 24.8 Å². The Bertz CT molecular complexity index is 755. The first-order valence-electron chi connectivity index (χ1n) is 9.52. The molecule has 1 aromatic carbocycles. The molecule has 0 saturated carbocycles. The van der Waals surface area contributed by atoms with Gasteiger partial charge in [-0.15, -0.1) is 12.2 Å². The van der Waals surface area contributed by atoms with Crippen molar-refractivity contribution in [3.05, 3.63) is 40.5 Å². The number of rotatable bonds is 14. The summed E-state index contributed by atoms with van der Waals surface area (Å²) in [4.78, 5) is 56.7. The molecular weight excluding hydrogens is 563 g/mol. The predicted octanol–water partition coefficient (Wildman–Crippen LogP) is -3.42. The van der Waals surface area contributed by atoms with Gasteiger partial charge in [-0.05, 0) is 12.5 Å². The van der Waals surface area contributed by atoms with Crippen LogP contribution in [0.15, 0.2) is 24.3 Å². The van der Waals surface area contributed by atoms with Crippen molar-refractivity contribution in [3.8, 4) is 0 Å². The number of ether oxygens (including phenoxy) is 2. The van der Waals surface area contributed by atoms with Gasteiger partial charge in [-0.2, -0.15) is 0 Å². The molecule has 0 aliphatic heterocycles. The van der Waals surface area contributed by atoms with Crippen LogP contribution in [0, 0.1) is 0 Å². The molecule has 164 valence electrons. The summed E-state index contributed by atoms with van der Waals surface area (Å²) in [5.74, 6) is -1.91. The quantitative estimate of drug-likeness (QED) is 0.126. The van der Waals surface area contributed by atoms with Crippen LogP contribution >= 0.6 is 0 Å². The van der Waals surface area contributed by atoms with Gasteiger partial charge in [-0.25, -0.2) is 0 Å². The zero-order chi connectivity index (χ0) is 22.4. The summed E-state index contributed by atoms with van der Waals surface area (Å²) in [5, 5.41) is 7.56. The van der Waals surface area contributed by atoms with Gasteiger partial charge in [-0.1, -0.05) is 24.3 Å². The molecule has 1 rings (SSSR count). The second kappa shape index (κ2) is 20.9. The molecule has 0 unspecified atom stereocenters. The number of carbonyl (C=O) groups excluding carboxylic acids is 5. The molecule has 0 aliphatic carbocycles. The van der Waals surface area contributed by atoms with Gasteiger partial charge >= 0.3 is 122 Å². The molecule has 0 spiro atoms. The molecule has 9 nitrogen and oxygen atoms in total. The van der Waals surface area contributed by atoms with E-state index in [2.05, 4.69) is 10.6 Å². The van der Waals surface area contributed by atoms with Crippen LogP contribution < -0.4 is 116 Å². The van der Waals surface area contributed by atoms with E-state index < -0.39 is 18.2 Å². The van der Waals surface area contributed by atoms with E-state index in [4.69, 9.17) is 9.47 Å². The van der Waals surface area contributed by atoms with E-state index in [9.17, 15) is 24.0 Å². The van der Waals surface area contributed by atoms with Crippen molar-refractivity contribution in [1.29, 1.82) is 0 Å². The van der Waals surface area contributed by atoms with Crippen molar-refractivity contribution in [2.75, 3.05) is 26.4 Å². The van der Waals surface area contributed by atoms with Crippen LogP contribution in [0.1, 0.15) is 38.7 Å². The fourth-order valence-corrected chi connectivity index (χ4v) is 2.34. The number of esters is 1. The maximum Gasteiger partial charge on any atom is 1.00 e. The molecule has 0 aromatic heterocycles. The Morgan fingerprint density at radius 3 is 2.09 bits per heavy atom. The zero-order valence-corrected chi connectivity index (χ0v) is 29.1. The fourth-order valence-electron chi connectivity index (χ4n) is 2.34. The van der Waals surface area contributed by atoms with E-state index in [1.165, 1.54) is 13.8 Å². The summed E-state index contributed by atoms with van der Waals surface area (Å²) >= 11 is 0. The van der Waals surface area contributed by atoms with Gasteiger partial charge in [-0.3, -0.25) is 14.4 Å². The average Bonchev–Trinajstić information content (AvgIpc) is 2.64. The summed E-state index contributed by atoms with van der Waals surface area (Å²) in [6.07, 6.45) is 0.145. The number of Topliss-reactive ketones (excluding diaryl/α,β-unsaturated/α-hetero) is 2. The van der Waals surface area contributed by atoms with E-state index in [-0.39, 0.29) is 167 Å². The number of hydrogen-bond acceptors (Lipinski definition) is 7. The smallest absolute Gasteiger partial charge is 0.651 e. The standard InChI is InChI=1S/C21H28N2O7.2Rb/c1-15(24)12-19(26)13-17-4-6-18(7-5-17)23-21(28)14-20(27)22-8-11-29-9-3-10-30-16(2)25;;/h4-7H,3,8-14H2,1-2H3,(H2,22,23,27,28);;/q;2*+1/p-2. The monoisotopic (exact) mass is 588 g/mol. The molecule has 2 amide bonds. The number of nitrogens with zero attached hydrogens (tertiary/aromatic N) is 2. The van der Waals surface area contributed by atoms with Crippen LogP contribution in [0.2, 0.25) is 0 Å². The molecule has 0 aliphatic rings. The number of amides is 2. The Morgan fingerprint density at radius 2 is 1.50 bits per heavy atom. The van der Waals surface area contributed by atoms with Crippen molar-refractivity contribution in [2.24, 2.45) is 0 Å². The minimum absolute atomic E-state index is 0. The summed E-state index contributed by atoms with van der Waals surface area (Å²) in [5.41, 5.74) is 1.08. The number of carbonyl (C=O) groups is 5. The summed E-state index contributed by atoms with van der Waals surface area (Å²) < 4.78 is 9.98. The normalized spacial score (nSPS) is 9.56. The fraction of sp³-hybridized carbons (Fsp3) is 0.476. The summed E-state index contributed by atoms with van der Waals surface area (Å²) in [7, 11) is 0. The number of hydrogen-bond donors (Lipinski definition) is 0. The van der Waals surface area contributed by atoms with Gasteiger partial charge in [0.2, 0.25) is 0 Å². The largest absolute Gasteiger partial charge is 1.00 e. The van der Waals surface area contributed by atoms with Crippen molar-refractivity contribution >= 4 is 35.0 Å². The first-order chi connectivity index (χ1) is 14.3. The van der Waals surface area contributed by atoms with Gasteiger partial charge < -0.3 is 29.7 Å². The minimum atomic E-state index is -0.619. The Morgan fingerprint density at radius 1 is 0.844 bits per heavy atom. The van der Waals surface area contributed by atoms with E-state index in [0.29, 0.717) is 24.3 Å². The zero-order valence-electron chi connectivity index (χ0n) is 19.2. The molecule has 0 atom stereocenters. The third-order valence-electron chi connectivity index (χ3n) is 3.60. The van der Waals surface area contributed by atoms with Crippen LogP contribution in [0.4, 0.5) is 5.69 Å². The Labute approximate surface area is 286 Å². The molecule has 0 heterocycles. The molecule has 0 fully saturated rings. The second-order valence-electron chi connectivity index (χ2n) is 6.52. The van der Waals surface area contributed by atoms with Gasteiger partial charge in [0, 0.05) is 39.4 Å². The molecular formula is C21H26N2O7Rb2. The third-order valence-corrected chi connectivity index (χ3v) is 3.60. The van der Waals surface area contributed by atoms with Crippen LogP contribution in [0.25, 0.3) is 10.6 Å². The van der Waals surface area contributed by atoms with Crippen molar-refractivity contribution in [3.63, 3.8) is 0 Å². The second-order valence-corrected chi connectivity index (χ2v) is 6.52. The van der Waals surface area contributed by atoms with Crippen molar-refractivity contribution in [2.45, 2.75) is 39.5 Å². The van der Waals surface area contributed by atoms with E-state index in [1.54, 1.807) is 24.3 Å². The minimum Gasteiger partial charge on any atom is -0.651 e. The SMILES string of the molecule is CC(=O)CC(=O)Cc1ccc([N-]C(=O)CC(=O)[N-]CCOCCCOC(C)=O)cc1.[Rb+].[Rb+]. The third kappa shape index (κ3) is 18.9. The molecule has 32 heavy (non-hydrogen) atoms. The van der Waals surface area contributed by atoms with E-state index in [0.717, 1.165) is 0 Å². The van der Waals surface area contributed by atoms with E-state index in [1.807, 2.05) is 0 Å². The molecule has 0 N–H and O–H groups in total. The van der Waals surface area contributed by atoms with E-state index >= 15 is 0 Å². The van der Waals surface area contributed by atoms with Crippen LogP contribution in [-0.4, -0.2) is 55.7 Å². The maximum atomic E-state index is 11.9.